The molecule has 0 saturated heterocycles. The first-order valence-electron chi connectivity index (χ1n) is 22.5. The lowest BCUT2D eigenvalue weighted by atomic mass is 9.85. The molecule has 1 rings (SSSR count). The molecule has 1 saturated carbocycles. The van der Waals surface area contributed by atoms with Crippen molar-refractivity contribution in [3.63, 3.8) is 0 Å². The zero-order valence-electron chi connectivity index (χ0n) is 35.2. The number of phosphoric ester groups is 1. The van der Waals surface area contributed by atoms with Gasteiger partial charge in [-0.05, 0) is 32.1 Å². The van der Waals surface area contributed by atoms with Crippen molar-refractivity contribution < 1.29 is 58.3 Å². The van der Waals surface area contributed by atoms with Crippen LogP contribution >= 0.6 is 7.82 Å². The molecule has 0 aromatic heterocycles. The molecule has 6 N–H and O–H groups in total. The van der Waals surface area contributed by atoms with E-state index in [0.717, 1.165) is 64.2 Å². The first kappa shape index (κ1) is 53.1. The fraction of sp³-hybridized carbons (Fsp3) is 0.930. The minimum atomic E-state index is -5.01. The van der Waals surface area contributed by atoms with Gasteiger partial charge in [0.25, 0.3) is 0 Å². The van der Waals surface area contributed by atoms with Crippen LogP contribution in [0.1, 0.15) is 194 Å². The maximum absolute atomic E-state index is 12.8. The second kappa shape index (κ2) is 34.9. The maximum atomic E-state index is 12.8. The Kier molecular flexibility index (Phi) is 33.1. The smallest absolute Gasteiger partial charge is 0.457 e. The van der Waals surface area contributed by atoms with E-state index in [9.17, 15) is 39.8 Å². The molecule has 0 aromatic carbocycles. The van der Waals surface area contributed by atoms with Crippen LogP contribution in [-0.4, -0.2) is 98.9 Å². The van der Waals surface area contributed by atoms with Crippen molar-refractivity contribution in [2.75, 3.05) is 19.8 Å². The molecule has 6 unspecified atom stereocenters. The highest BCUT2D eigenvalue weighted by Crippen LogP contribution is 2.47. The third-order valence-corrected chi connectivity index (χ3v) is 11.6. The molecule has 0 amide bonds. The summed E-state index contributed by atoms with van der Waals surface area (Å²) in [6, 6.07) is 0. The highest BCUT2D eigenvalue weighted by molar-refractivity contribution is 7.47. The quantitative estimate of drug-likeness (QED) is 0.0150. The predicted octanol–water partition coefficient (Wildman–Crippen LogP) is 8.75. The predicted molar refractivity (Wildman–Crippen MR) is 221 cm³/mol. The molecule has 0 bridgehead atoms. The van der Waals surface area contributed by atoms with Gasteiger partial charge in [-0.15, -0.1) is 0 Å². The third-order valence-electron chi connectivity index (χ3n) is 10.6. The van der Waals surface area contributed by atoms with Crippen molar-refractivity contribution in [1.82, 2.24) is 0 Å². The Bertz CT molecular complexity index is 984. The van der Waals surface area contributed by atoms with Crippen molar-refractivity contribution in [1.29, 1.82) is 0 Å². The summed E-state index contributed by atoms with van der Waals surface area (Å²) in [5.74, 6) is -0.486. The number of aliphatic hydroxyl groups excluding tert-OH is 5. The molecular weight excluding hydrogens is 739 g/mol. The first-order valence-corrected chi connectivity index (χ1v) is 24.0. The topological polar surface area (TPSA) is 192 Å². The van der Waals surface area contributed by atoms with Gasteiger partial charge in [-0.25, -0.2) is 4.57 Å². The Hall–Kier alpha value is -0.920. The molecule has 0 aromatic rings. The number of allylic oxidation sites excluding steroid dienone is 2. The lowest BCUT2D eigenvalue weighted by Crippen LogP contribution is -2.64. The molecule has 56 heavy (non-hydrogen) atoms. The molecule has 1 aliphatic carbocycles. The SMILES string of the molecule is CCC/C=C\CCCCCCCC(=O)OC(COCCCCCCCCCCCCCCCCCCCCC)COP(=O)(O)OC1C(O)C(O)C(O)C(O)C1O. The maximum Gasteiger partial charge on any atom is 0.472 e. The Morgan fingerprint density at radius 1 is 0.554 bits per heavy atom. The average Bonchev–Trinajstić information content (AvgIpc) is 3.18. The summed E-state index contributed by atoms with van der Waals surface area (Å²) in [5.41, 5.74) is 0. The Labute approximate surface area is 339 Å². The summed E-state index contributed by atoms with van der Waals surface area (Å²) in [7, 11) is -5.01. The monoisotopic (exact) mass is 823 g/mol. The second-order valence-corrected chi connectivity index (χ2v) is 17.3. The van der Waals surface area contributed by atoms with Crippen molar-refractivity contribution in [2.45, 2.75) is 236 Å². The fourth-order valence-corrected chi connectivity index (χ4v) is 7.98. The number of ether oxygens (including phenoxy) is 2. The highest BCUT2D eigenvalue weighted by Gasteiger charge is 2.51. The number of aliphatic hydroxyl groups is 5. The van der Waals surface area contributed by atoms with Crippen molar-refractivity contribution in [3.8, 4) is 0 Å². The lowest BCUT2D eigenvalue weighted by Gasteiger charge is -2.41. The molecule has 0 heterocycles. The average molecular weight is 823 g/mol. The lowest BCUT2D eigenvalue weighted by molar-refractivity contribution is -0.220. The van der Waals surface area contributed by atoms with Gasteiger partial charge in [-0.1, -0.05) is 167 Å². The molecule has 1 aliphatic rings. The van der Waals surface area contributed by atoms with Gasteiger partial charge in [0.2, 0.25) is 0 Å². The summed E-state index contributed by atoms with van der Waals surface area (Å²) < 4.78 is 34.1. The summed E-state index contributed by atoms with van der Waals surface area (Å²) in [5, 5.41) is 50.1. The molecule has 0 aliphatic heterocycles. The standard InChI is InChI=1S/C43H83O12P/c1-3-5-7-9-11-13-15-16-17-18-19-20-21-22-23-25-27-29-31-33-52-34-36(54-37(44)32-30-28-26-24-14-12-10-8-6-4-2)35-53-56(50,51)55-43-41(48)39(46)38(45)40(47)42(43)49/h8,10,36,38-43,45-49H,3-7,9,11-35H2,1-2H3,(H,50,51)/b10-8-. The molecule has 332 valence electrons. The van der Waals surface area contributed by atoms with Crippen LogP contribution in [-0.2, 0) is 27.9 Å². The molecule has 0 spiro atoms. The van der Waals surface area contributed by atoms with Crippen molar-refractivity contribution in [3.05, 3.63) is 12.2 Å². The van der Waals surface area contributed by atoms with E-state index in [-0.39, 0.29) is 13.0 Å². The number of unbranched alkanes of at least 4 members (excludes halogenated alkanes) is 24. The van der Waals surface area contributed by atoms with E-state index in [1.807, 2.05) is 0 Å². The number of rotatable bonds is 38. The van der Waals surface area contributed by atoms with Crippen LogP contribution in [0.3, 0.4) is 0 Å². The van der Waals surface area contributed by atoms with Crippen LogP contribution in [0.15, 0.2) is 12.2 Å². The molecule has 6 atom stereocenters. The van der Waals surface area contributed by atoms with Gasteiger partial charge in [0.15, 0.2) is 0 Å². The van der Waals surface area contributed by atoms with Crippen LogP contribution in [0.4, 0.5) is 0 Å². The highest BCUT2D eigenvalue weighted by atomic mass is 31.2. The van der Waals surface area contributed by atoms with Crippen LogP contribution < -0.4 is 0 Å². The normalized spacial score (nSPS) is 23.1. The minimum Gasteiger partial charge on any atom is -0.457 e. The number of hydrogen-bond acceptors (Lipinski definition) is 11. The van der Waals surface area contributed by atoms with Crippen LogP contribution in [0.2, 0.25) is 0 Å². The van der Waals surface area contributed by atoms with E-state index in [4.69, 9.17) is 18.5 Å². The minimum absolute atomic E-state index is 0.0748. The van der Waals surface area contributed by atoms with Gasteiger partial charge in [-0.3, -0.25) is 13.8 Å². The number of phosphoric acid groups is 1. The Morgan fingerprint density at radius 2 is 0.982 bits per heavy atom. The second-order valence-electron chi connectivity index (χ2n) is 15.9. The van der Waals surface area contributed by atoms with Crippen molar-refractivity contribution >= 4 is 13.8 Å². The molecule has 1 fully saturated rings. The number of esters is 1. The fourth-order valence-electron chi connectivity index (χ4n) is 7.01. The zero-order chi connectivity index (χ0) is 41.3. The van der Waals surface area contributed by atoms with Gasteiger partial charge in [0.05, 0.1) is 13.2 Å². The Morgan fingerprint density at radius 3 is 1.48 bits per heavy atom. The summed E-state index contributed by atoms with van der Waals surface area (Å²) >= 11 is 0. The summed E-state index contributed by atoms with van der Waals surface area (Å²) in [4.78, 5) is 23.0. The molecule has 0 radical (unpaired) electrons. The molecular formula is C43H83O12P. The van der Waals surface area contributed by atoms with E-state index in [1.54, 1.807) is 0 Å². The largest absolute Gasteiger partial charge is 0.472 e. The zero-order valence-corrected chi connectivity index (χ0v) is 36.1. The van der Waals surface area contributed by atoms with Gasteiger partial charge in [0.1, 0.15) is 42.7 Å². The number of carbonyl (C=O) groups is 1. The first-order chi connectivity index (χ1) is 27.0. The van der Waals surface area contributed by atoms with E-state index in [0.29, 0.717) is 13.0 Å². The van der Waals surface area contributed by atoms with Gasteiger partial charge < -0.3 is 39.9 Å². The summed E-state index contributed by atoms with van der Waals surface area (Å²) in [6.07, 6.45) is 24.4. The molecule has 12 nitrogen and oxygen atoms in total. The van der Waals surface area contributed by atoms with Gasteiger partial charge in [-0.2, -0.15) is 0 Å². The van der Waals surface area contributed by atoms with Gasteiger partial charge >= 0.3 is 13.8 Å². The van der Waals surface area contributed by atoms with Gasteiger partial charge in [0, 0.05) is 13.0 Å². The third kappa shape index (κ3) is 27.0. The van der Waals surface area contributed by atoms with E-state index >= 15 is 0 Å². The van der Waals surface area contributed by atoms with Crippen LogP contribution in [0, 0.1) is 0 Å². The van der Waals surface area contributed by atoms with Crippen LogP contribution in [0.5, 0.6) is 0 Å². The molecule has 13 heteroatoms. The van der Waals surface area contributed by atoms with Crippen molar-refractivity contribution in [2.24, 2.45) is 0 Å². The van der Waals surface area contributed by atoms with Crippen LogP contribution in [0.25, 0.3) is 0 Å². The number of carbonyl (C=O) groups excluding carboxylic acids is 1. The Balaban J connectivity index is 2.34. The number of hydrogen-bond donors (Lipinski definition) is 6. The van der Waals surface area contributed by atoms with E-state index in [2.05, 4.69) is 26.0 Å². The van der Waals surface area contributed by atoms with E-state index in [1.165, 1.54) is 103 Å². The summed E-state index contributed by atoms with van der Waals surface area (Å²) in [6.45, 7) is 4.20. The van der Waals surface area contributed by atoms with E-state index < -0.39 is 63.1 Å².